The summed E-state index contributed by atoms with van der Waals surface area (Å²) in [6.07, 6.45) is 3.88. The molecule has 0 aromatic heterocycles. The van der Waals surface area contributed by atoms with E-state index >= 15 is 0 Å². The second-order valence-electron chi connectivity index (χ2n) is 6.24. The number of nitrogens with zero attached hydrogens (tertiary/aromatic N) is 1. The third-order valence-corrected chi connectivity index (χ3v) is 4.47. The molecule has 1 aromatic carbocycles. The summed E-state index contributed by atoms with van der Waals surface area (Å²) in [6.45, 7) is 11.2. The third-order valence-electron chi connectivity index (χ3n) is 4.47. The molecule has 0 bridgehead atoms. The summed E-state index contributed by atoms with van der Waals surface area (Å²) in [5.74, 6) is 2.49. The lowest BCUT2D eigenvalue weighted by Gasteiger charge is -2.30. The summed E-state index contributed by atoms with van der Waals surface area (Å²) >= 11 is 0. The Morgan fingerprint density at radius 2 is 2.15 bits per heavy atom. The number of rotatable bonds is 6. The molecule has 0 aliphatic carbocycles. The first-order valence-corrected chi connectivity index (χ1v) is 8.14. The lowest BCUT2D eigenvalue weighted by molar-refractivity contribution is 0.153. The van der Waals surface area contributed by atoms with Crippen molar-refractivity contribution in [3.63, 3.8) is 0 Å². The van der Waals surface area contributed by atoms with Crippen LogP contribution in [0.3, 0.4) is 0 Å². The summed E-state index contributed by atoms with van der Waals surface area (Å²) in [5, 5.41) is 0. The number of likely N-dealkylation sites (tertiary alicyclic amines) is 1. The maximum absolute atomic E-state index is 6.06. The van der Waals surface area contributed by atoms with Crippen molar-refractivity contribution >= 4 is 0 Å². The molecule has 1 aliphatic heterocycles. The molecule has 2 rings (SSSR count). The van der Waals surface area contributed by atoms with Crippen LogP contribution in [0.4, 0.5) is 0 Å². The topological polar surface area (TPSA) is 12.5 Å². The minimum absolute atomic E-state index is 0.571. The van der Waals surface area contributed by atoms with Gasteiger partial charge in [-0.15, -0.1) is 0 Å². The smallest absolute Gasteiger partial charge is 0.122 e. The standard InChI is InChI=1S/C18H29NO/c1-4-16(3)17-9-5-6-10-18(17)20-13-12-19-11-7-8-15(2)14-19/h5-6,9-10,15-16H,4,7-8,11-14H2,1-3H3/t15-,16+/m1/s1. The molecule has 0 spiro atoms. The predicted molar refractivity (Wildman–Crippen MR) is 85.5 cm³/mol. The molecular weight excluding hydrogens is 246 g/mol. The van der Waals surface area contributed by atoms with Crippen LogP contribution in [0.5, 0.6) is 5.75 Å². The fourth-order valence-electron chi connectivity index (χ4n) is 3.01. The SMILES string of the molecule is CC[C@H](C)c1ccccc1OCCN1CCC[C@@H](C)C1. The fourth-order valence-corrected chi connectivity index (χ4v) is 3.01. The second kappa shape index (κ2) is 7.68. The molecule has 20 heavy (non-hydrogen) atoms. The minimum atomic E-state index is 0.571. The summed E-state index contributed by atoms with van der Waals surface area (Å²) in [5.41, 5.74) is 1.35. The molecule has 1 aliphatic rings. The van der Waals surface area contributed by atoms with Crippen LogP contribution in [-0.4, -0.2) is 31.1 Å². The van der Waals surface area contributed by atoms with Gasteiger partial charge in [-0.25, -0.2) is 0 Å². The van der Waals surface area contributed by atoms with E-state index in [2.05, 4.69) is 49.9 Å². The fraction of sp³-hybridized carbons (Fsp3) is 0.667. The second-order valence-corrected chi connectivity index (χ2v) is 6.24. The number of hydrogen-bond acceptors (Lipinski definition) is 2. The van der Waals surface area contributed by atoms with Crippen LogP contribution >= 0.6 is 0 Å². The summed E-state index contributed by atoms with van der Waals surface area (Å²) in [7, 11) is 0. The van der Waals surface area contributed by atoms with Gasteiger partial charge in [-0.1, -0.05) is 39.0 Å². The first-order valence-electron chi connectivity index (χ1n) is 8.14. The quantitative estimate of drug-likeness (QED) is 0.767. The molecule has 1 heterocycles. The zero-order valence-corrected chi connectivity index (χ0v) is 13.3. The van der Waals surface area contributed by atoms with Gasteiger partial charge in [0, 0.05) is 13.1 Å². The molecule has 2 atom stereocenters. The van der Waals surface area contributed by atoms with E-state index in [4.69, 9.17) is 4.74 Å². The highest BCUT2D eigenvalue weighted by atomic mass is 16.5. The Balaban J connectivity index is 1.84. The molecule has 0 radical (unpaired) electrons. The average molecular weight is 275 g/mol. The van der Waals surface area contributed by atoms with Crippen molar-refractivity contribution < 1.29 is 4.74 Å². The highest BCUT2D eigenvalue weighted by molar-refractivity contribution is 5.35. The van der Waals surface area contributed by atoms with Crippen LogP contribution < -0.4 is 4.74 Å². The molecule has 112 valence electrons. The van der Waals surface area contributed by atoms with E-state index in [0.29, 0.717) is 5.92 Å². The van der Waals surface area contributed by atoms with Gasteiger partial charge in [-0.2, -0.15) is 0 Å². The van der Waals surface area contributed by atoms with Gasteiger partial charge in [0.2, 0.25) is 0 Å². The molecular formula is C18H29NO. The Hall–Kier alpha value is -1.02. The predicted octanol–water partition coefficient (Wildman–Crippen LogP) is 4.31. The normalized spacial score (nSPS) is 21.6. The van der Waals surface area contributed by atoms with E-state index in [1.165, 1.54) is 31.5 Å². The largest absolute Gasteiger partial charge is 0.492 e. The van der Waals surface area contributed by atoms with Crippen molar-refractivity contribution in [1.82, 2.24) is 4.90 Å². The first-order chi connectivity index (χ1) is 9.70. The zero-order valence-electron chi connectivity index (χ0n) is 13.3. The van der Waals surface area contributed by atoms with Crippen LogP contribution in [0.1, 0.15) is 51.5 Å². The summed E-state index contributed by atoms with van der Waals surface area (Å²) < 4.78 is 6.06. The molecule has 2 heteroatoms. The van der Waals surface area contributed by atoms with Gasteiger partial charge in [0.05, 0.1) is 0 Å². The van der Waals surface area contributed by atoms with Crippen molar-refractivity contribution in [2.75, 3.05) is 26.2 Å². The van der Waals surface area contributed by atoms with Crippen LogP contribution in [-0.2, 0) is 0 Å². The van der Waals surface area contributed by atoms with Crippen LogP contribution in [0, 0.1) is 5.92 Å². The lowest BCUT2D eigenvalue weighted by atomic mass is 9.98. The molecule has 1 aromatic rings. The Morgan fingerprint density at radius 3 is 2.90 bits per heavy atom. The molecule has 0 unspecified atom stereocenters. The van der Waals surface area contributed by atoms with E-state index in [1.54, 1.807) is 0 Å². The van der Waals surface area contributed by atoms with Crippen LogP contribution in [0.2, 0.25) is 0 Å². The van der Waals surface area contributed by atoms with Crippen LogP contribution in [0.15, 0.2) is 24.3 Å². The highest BCUT2D eigenvalue weighted by Crippen LogP contribution is 2.28. The molecule has 1 fully saturated rings. The zero-order chi connectivity index (χ0) is 14.4. The van der Waals surface area contributed by atoms with E-state index < -0.39 is 0 Å². The number of hydrogen-bond donors (Lipinski definition) is 0. The van der Waals surface area contributed by atoms with Gasteiger partial charge in [-0.3, -0.25) is 4.90 Å². The minimum Gasteiger partial charge on any atom is -0.492 e. The van der Waals surface area contributed by atoms with Gasteiger partial charge in [-0.05, 0) is 49.3 Å². The van der Waals surface area contributed by atoms with E-state index in [0.717, 1.165) is 31.2 Å². The maximum Gasteiger partial charge on any atom is 0.122 e. The van der Waals surface area contributed by atoms with Crippen molar-refractivity contribution in [2.24, 2.45) is 5.92 Å². The number of benzene rings is 1. The summed E-state index contributed by atoms with van der Waals surface area (Å²) in [4.78, 5) is 2.54. The Kier molecular flexibility index (Phi) is 5.90. The van der Waals surface area contributed by atoms with Gasteiger partial charge in [0.1, 0.15) is 12.4 Å². The molecule has 2 nitrogen and oxygen atoms in total. The van der Waals surface area contributed by atoms with E-state index in [-0.39, 0.29) is 0 Å². The van der Waals surface area contributed by atoms with Gasteiger partial charge >= 0.3 is 0 Å². The Labute approximate surface area is 124 Å². The van der Waals surface area contributed by atoms with Crippen LogP contribution in [0.25, 0.3) is 0 Å². The molecule has 0 saturated carbocycles. The maximum atomic E-state index is 6.06. The number of piperidine rings is 1. The Morgan fingerprint density at radius 1 is 1.35 bits per heavy atom. The molecule has 0 amide bonds. The van der Waals surface area contributed by atoms with Crippen molar-refractivity contribution in [1.29, 1.82) is 0 Å². The van der Waals surface area contributed by atoms with Crippen molar-refractivity contribution in [3.05, 3.63) is 29.8 Å². The van der Waals surface area contributed by atoms with E-state index in [9.17, 15) is 0 Å². The Bertz CT molecular complexity index is 404. The first kappa shape index (κ1) is 15.4. The average Bonchev–Trinajstić information content (AvgIpc) is 2.47. The van der Waals surface area contributed by atoms with Crippen molar-refractivity contribution in [3.8, 4) is 5.75 Å². The highest BCUT2D eigenvalue weighted by Gasteiger charge is 2.16. The van der Waals surface area contributed by atoms with E-state index in [1.807, 2.05) is 0 Å². The van der Waals surface area contributed by atoms with Gasteiger partial charge in [0.15, 0.2) is 0 Å². The monoisotopic (exact) mass is 275 g/mol. The van der Waals surface area contributed by atoms with Gasteiger partial charge in [0.25, 0.3) is 0 Å². The molecule has 1 saturated heterocycles. The lowest BCUT2D eigenvalue weighted by Crippen LogP contribution is -2.37. The van der Waals surface area contributed by atoms with Gasteiger partial charge < -0.3 is 4.74 Å². The summed E-state index contributed by atoms with van der Waals surface area (Å²) in [6, 6.07) is 8.50. The third kappa shape index (κ3) is 4.24. The number of para-hydroxylation sites is 1. The molecule has 0 N–H and O–H groups in total. The number of ether oxygens (including phenoxy) is 1. The van der Waals surface area contributed by atoms with Crippen molar-refractivity contribution in [2.45, 2.75) is 46.0 Å².